The van der Waals surface area contributed by atoms with Gasteiger partial charge in [0.15, 0.2) is 0 Å². The fourth-order valence-electron chi connectivity index (χ4n) is 6.39. The SMILES string of the molecule is CC(C)c1cc2c(-c3cccc4ccccc34)cccc2[cH-]1.Cc1cc2c(-c3cccc4ccccc34)ccc(Br)c2[cH-]1.Cl.Cl.[CH3-].[CH3-].[Si]=[Zr]. The van der Waals surface area contributed by atoms with Crippen LogP contribution in [-0.4, -0.2) is 6.88 Å². The van der Waals surface area contributed by atoms with E-state index in [1.165, 1.54) is 99.8 Å². The van der Waals surface area contributed by atoms with Gasteiger partial charge in [-0.1, -0.05) is 139 Å². The zero-order valence-electron chi connectivity index (χ0n) is 28.6. The Morgan fingerprint density at radius 2 is 1.02 bits per heavy atom. The second kappa shape index (κ2) is 19.0. The second-order valence-electron chi connectivity index (χ2n) is 11.8. The zero-order chi connectivity index (χ0) is 31.5. The number of aryl methyl sites for hydroxylation is 1. The van der Waals surface area contributed by atoms with Crippen molar-refractivity contribution < 1.29 is 23.3 Å². The quantitative estimate of drug-likeness (QED) is 0.123. The molecule has 0 N–H and O–H groups in total. The van der Waals surface area contributed by atoms with Crippen molar-refractivity contribution in [3.63, 3.8) is 0 Å². The Morgan fingerprint density at radius 3 is 1.57 bits per heavy atom. The van der Waals surface area contributed by atoms with Crippen molar-refractivity contribution in [2.24, 2.45) is 0 Å². The molecule has 0 atom stereocenters. The number of benzene rings is 6. The molecule has 0 fully saturated rings. The van der Waals surface area contributed by atoms with Gasteiger partial charge in [-0.15, -0.1) is 97.7 Å². The minimum atomic E-state index is 0. The van der Waals surface area contributed by atoms with Crippen molar-refractivity contribution >= 4 is 90.7 Å². The average Bonchev–Trinajstić information content (AvgIpc) is 3.70. The van der Waals surface area contributed by atoms with Crippen LogP contribution in [0.25, 0.3) is 65.3 Å². The van der Waals surface area contributed by atoms with Gasteiger partial charge in [-0.2, -0.15) is 12.1 Å². The molecule has 0 saturated carbocycles. The molecular formula is C44H41BrCl2SiZr-4. The maximum absolute atomic E-state index is 3.67. The molecule has 0 heterocycles. The van der Waals surface area contributed by atoms with E-state index < -0.39 is 0 Å². The van der Waals surface area contributed by atoms with Crippen LogP contribution in [0.3, 0.4) is 0 Å². The Kier molecular flexibility index (Phi) is 16.4. The Hall–Kier alpha value is -2.78. The maximum atomic E-state index is 3.67. The van der Waals surface area contributed by atoms with Crippen molar-refractivity contribution in [3.8, 4) is 22.3 Å². The summed E-state index contributed by atoms with van der Waals surface area (Å²) in [7, 11) is 0. The molecule has 8 rings (SSSR count). The van der Waals surface area contributed by atoms with Crippen molar-refractivity contribution in [2.75, 3.05) is 0 Å². The van der Waals surface area contributed by atoms with Crippen molar-refractivity contribution in [1.29, 1.82) is 0 Å². The van der Waals surface area contributed by atoms with Crippen LogP contribution >= 0.6 is 40.7 Å². The molecule has 0 aromatic heterocycles. The van der Waals surface area contributed by atoms with Crippen molar-refractivity contribution in [2.45, 2.75) is 26.7 Å². The topological polar surface area (TPSA) is 0 Å². The monoisotopic (exact) mass is 836 g/mol. The van der Waals surface area contributed by atoms with Gasteiger partial charge in [-0.25, -0.2) is 0 Å². The summed E-state index contributed by atoms with van der Waals surface area (Å²) in [4.78, 5) is 0. The summed E-state index contributed by atoms with van der Waals surface area (Å²) in [5, 5.41) is 10.5. The molecule has 2 radical (unpaired) electrons. The van der Waals surface area contributed by atoms with E-state index in [1.54, 1.807) is 0 Å². The van der Waals surface area contributed by atoms with E-state index in [0.29, 0.717) is 5.92 Å². The van der Waals surface area contributed by atoms with Crippen LogP contribution in [0.4, 0.5) is 0 Å². The molecule has 49 heavy (non-hydrogen) atoms. The van der Waals surface area contributed by atoms with Crippen LogP contribution in [0.5, 0.6) is 0 Å². The molecular weight excluding hydrogens is 799 g/mol. The predicted octanol–water partition coefficient (Wildman–Crippen LogP) is 14.3. The molecule has 8 aromatic carbocycles. The Morgan fingerprint density at radius 1 is 0.551 bits per heavy atom. The average molecular weight is 840 g/mol. The molecule has 0 aliphatic carbocycles. The number of halogens is 3. The summed E-state index contributed by atoms with van der Waals surface area (Å²) < 4.78 is 1.16. The molecule has 0 spiro atoms. The van der Waals surface area contributed by atoms with E-state index in [4.69, 9.17) is 0 Å². The van der Waals surface area contributed by atoms with Crippen molar-refractivity contribution in [3.05, 3.63) is 170 Å². The first-order chi connectivity index (χ1) is 22.0. The molecule has 0 bridgehead atoms. The molecule has 0 aliphatic rings. The first kappa shape index (κ1) is 42.4. The van der Waals surface area contributed by atoms with Crippen LogP contribution in [-0.2, 0) is 23.3 Å². The molecule has 5 heteroatoms. The molecule has 0 unspecified atom stereocenters. The summed E-state index contributed by atoms with van der Waals surface area (Å²) in [5.41, 5.74) is 7.99. The standard InChI is InChI=1S/C22H19.C20H14Br.2CH3.2ClH.Si.Zr/c1-15(2)18-13-17-9-6-12-21(22(17)14-18)20-11-5-8-16-7-3-4-10-19(16)20;1-13-11-18-17(9-10-20(21)19(18)12-13)16-8-4-6-14-5-2-3-7-15(14)16;;;;;;/h3-15H,1-2H3;2-12H,1H3;2*1H3;2*1H;;/q4*-1;;;;. The van der Waals surface area contributed by atoms with Gasteiger partial charge in [-0.3, -0.25) is 0 Å². The summed E-state index contributed by atoms with van der Waals surface area (Å²) in [5.74, 6) is 0.563. The van der Waals surface area contributed by atoms with Crippen molar-refractivity contribution in [1.82, 2.24) is 0 Å². The van der Waals surface area contributed by atoms with Crippen LogP contribution < -0.4 is 0 Å². The third-order valence-electron chi connectivity index (χ3n) is 8.58. The van der Waals surface area contributed by atoms with E-state index in [1.807, 2.05) is 0 Å². The molecule has 8 aromatic rings. The van der Waals surface area contributed by atoms with Gasteiger partial charge in [0.25, 0.3) is 0 Å². The van der Waals surface area contributed by atoms with E-state index >= 15 is 0 Å². The summed E-state index contributed by atoms with van der Waals surface area (Å²) in [6, 6.07) is 50.5. The fourth-order valence-corrected chi connectivity index (χ4v) is 6.85. The van der Waals surface area contributed by atoms with Crippen LogP contribution in [0, 0.1) is 21.8 Å². The zero-order valence-corrected chi connectivity index (χ0v) is 35.2. The molecule has 250 valence electrons. The molecule has 0 saturated heterocycles. The number of fused-ring (bicyclic) bond motifs is 4. The number of rotatable bonds is 3. The van der Waals surface area contributed by atoms with Crippen LogP contribution in [0.1, 0.15) is 30.9 Å². The summed E-state index contributed by atoms with van der Waals surface area (Å²) in [6.45, 7) is 9.73. The van der Waals surface area contributed by atoms with Crippen LogP contribution in [0.2, 0.25) is 0 Å². The molecule has 0 amide bonds. The fraction of sp³-hybridized carbons (Fsp3) is 0.0909. The Labute approximate surface area is 330 Å². The molecule has 0 nitrogen and oxygen atoms in total. The third kappa shape index (κ3) is 8.76. The first-order valence-corrected chi connectivity index (χ1v) is 20.2. The summed E-state index contributed by atoms with van der Waals surface area (Å²) in [6.07, 6.45) is 0. The second-order valence-corrected chi connectivity index (χ2v) is 12.6. The predicted molar refractivity (Wildman–Crippen MR) is 225 cm³/mol. The third-order valence-corrected chi connectivity index (χ3v) is 9.27. The number of hydrogen-bond acceptors (Lipinski definition) is 0. The van der Waals surface area contributed by atoms with Gasteiger partial charge in [0.2, 0.25) is 0 Å². The minimum absolute atomic E-state index is 0. The van der Waals surface area contributed by atoms with E-state index in [9.17, 15) is 0 Å². The van der Waals surface area contributed by atoms with Gasteiger partial charge < -0.3 is 14.9 Å². The summed E-state index contributed by atoms with van der Waals surface area (Å²) >= 11 is 5.02. The van der Waals surface area contributed by atoms with Gasteiger partial charge in [0.05, 0.1) is 0 Å². The van der Waals surface area contributed by atoms with E-state index in [-0.39, 0.29) is 39.7 Å². The van der Waals surface area contributed by atoms with E-state index in [0.717, 1.165) is 4.47 Å². The van der Waals surface area contributed by atoms with Gasteiger partial charge >= 0.3 is 30.2 Å². The molecule has 0 aliphatic heterocycles. The van der Waals surface area contributed by atoms with Crippen LogP contribution in [0.15, 0.2) is 144 Å². The van der Waals surface area contributed by atoms with E-state index in [2.05, 4.69) is 183 Å². The Bertz CT molecular complexity index is 2270. The Balaban J connectivity index is 0.000000301. The first-order valence-electron chi connectivity index (χ1n) is 15.2. The van der Waals surface area contributed by atoms with Gasteiger partial charge in [0, 0.05) is 0 Å². The van der Waals surface area contributed by atoms with Gasteiger partial charge in [-0.05, 0) is 38.6 Å². The normalized spacial score (nSPS) is 10.1. The van der Waals surface area contributed by atoms with Gasteiger partial charge in [0.1, 0.15) is 0 Å². The number of hydrogen-bond donors (Lipinski definition) is 0.